The molecule has 3 amide bonds. The summed E-state index contributed by atoms with van der Waals surface area (Å²) >= 11 is 5.93. The average Bonchev–Trinajstić information content (AvgIpc) is 2.96. The van der Waals surface area contributed by atoms with Crippen LogP contribution in [0.15, 0.2) is 71.6 Å². The van der Waals surface area contributed by atoms with Gasteiger partial charge < -0.3 is 25.4 Å². The number of anilines is 2. The lowest BCUT2D eigenvalue weighted by atomic mass is 9.99. The van der Waals surface area contributed by atoms with Gasteiger partial charge in [-0.3, -0.25) is 4.79 Å². The fourth-order valence-electron chi connectivity index (χ4n) is 4.52. The molecule has 224 valence electrons. The zero-order valence-electron chi connectivity index (χ0n) is 23.3. The number of fused-ring (bicyclic) bond motifs is 1. The van der Waals surface area contributed by atoms with E-state index in [1.807, 2.05) is 6.92 Å². The van der Waals surface area contributed by atoms with E-state index >= 15 is 0 Å². The lowest BCUT2D eigenvalue weighted by molar-refractivity contribution is 0.0389. The second kappa shape index (κ2) is 13.1. The van der Waals surface area contributed by atoms with Gasteiger partial charge in [0.2, 0.25) is 10.0 Å². The minimum Gasteiger partial charge on any atom is -0.486 e. The lowest BCUT2D eigenvalue weighted by Crippen LogP contribution is -2.50. The first kappa shape index (κ1) is 31.2. The van der Waals surface area contributed by atoms with Crippen LogP contribution in [0, 0.1) is 11.7 Å². The number of amides is 3. The quantitative estimate of drug-likeness (QED) is 0.337. The summed E-state index contributed by atoms with van der Waals surface area (Å²) in [5.41, 5.74) is 0.641. The summed E-state index contributed by atoms with van der Waals surface area (Å²) in [5.74, 6) is -1.20. The topological polar surface area (TPSA) is 128 Å². The molecule has 0 fully saturated rings. The molecule has 0 bridgehead atoms. The molecular formula is C29H32ClFN4O6S. The maximum absolute atomic E-state index is 13.7. The number of benzene rings is 3. The molecule has 4 rings (SSSR count). The van der Waals surface area contributed by atoms with E-state index in [1.165, 1.54) is 60.5 Å². The number of para-hydroxylation sites is 1. The zero-order chi connectivity index (χ0) is 30.6. The molecule has 1 aliphatic rings. The minimum absolute atomic E-state index is 0.0545. The first-order valence-electron chi connectivity index (χ1n) is 13.2. The van der Waals surface area contributed by atoms with Gasteiger partial charge in [0, 0.05) is 30.2 Å². The summed E-state index contributed by atoms with van der Waals surface area (Å²) in [5, 5.41) is 15.6. The number of hydrogen-bond donors (Lipinski definition) is 3. The number of nitrogens with one attached hydrogen (secondary N) is 2. The highest BCUT2D eigenvalue weighted by molar-refractivity contribution is 7.89. The van der Waals surface area contributed by atoms with E-state index in [9.17, 15) is 27.5 Å². The van der Waals surface area contributed by atoms with Crippen LogP contribution >= 0.6 is 11.6 Å². The SMILES string of the molecule is C[C@@H]1CN([C@H](C)CO)C(=O)c2cccc(NC(=O)Nc3ccc(F)cc3)c2O[C@@H]1CN(C)S(=O)(=O)c1ccc(Cl)cc1. The largest absolute Gasteiger partial charge is 0.486 e. The number of nitrogens with zero attached hydrogens (tertiary/aromatic N) is 2. The highest BCUT2D eigenvalue weighted by Gasteiger charge is 2.36. The molecular weight excluding hydrogens is 587 g/mol. The maximum atomic E-state index is 13.7. The fourth-order valence-corrected chi connectivity index (χ4v) is 5.82. The molecule has 42 heavy (non-hydrogen) atoms. The molecule has 3 N–H and O–H groups in total. The number of carbonyl (C=O) groups excluding carboxylic acids is 2. The lowest BCUT2D eigenvalue weighted by Gasteiger charge is -2.38. The van der Waals surface area contributed by atoms with Crippen LogP contribution in [0.25, 0.3) is 0 Å². The van der Waals surface area contributed by atoms with E-state index in [1.54, 1.807) is 25.1 Å². The number of rotatable bonds is 8. The van der Waals surface area contributed by atoms with Gasteiger partial charge in [-0.05, 0) is 67.6 Å². The van der Waals surface area contributed by atoms with Gasteiger partial charge in [-0.15, -0.1) is 0 Å². The van der Waals surface area contributed by atoms with Crippen LogP contribution in [0.2, 0.25) is 5.02 Å². The fraction of sp³-hybridized carbons (Fsp3) is 0.310. The molecule has 3 atom stereocenters. The first-order valence-corrected chi connectivity index (χ1v) is 15.0. The second-order valence-corrected chi connectivity index (χ2v) is 12.6. The van der Waals surface area contributed by atoms with E-state index in [0.717, 1.165) is 4.31 Å². The van der Waals surface area contributed by atoms with Gasteiger partial charge in [-0.1, -0.05) is 24.6 Å². The number of urea groups is 1. The molecule has 0 aliphatic carbocycles. The molecule has 0 spiro atoms. The van der Waals surface area contributed by atoms with Crippen LogP contribution in [0.5, 0.6) is 5.75 Å². The first-order chi connectivity index (χ1) is 19.9. The Kier molecular flexibility index (Phi) is 9.72. The van der Waals surface area contributed by atoms with Gasteiger partial charge in [0.15, 0.2) is 5.75 Å². The maximum Gasteiger partial charge on any atom is 0.323 e. The standard InChI is InChI=1S/C29H32ClFN4O6S/c1-18-15-35(19(2)17-36)28(37)24-5-4-6-25(33-29(38)32-22-11-9-21(31)10-12-22)27(24)41-26(18)16-34(3)42(39,40)23-13-7-20(30)8-14-23/h4-14,18-19,26,36H,15-17H2,1-3H3,(H2,32,33,38)/t18-,19-,26-/m1/s1. The Morgan fingerprint density at radius 2 is 1.81 bits per heavy atom. The van der Waals surface area contributed by atoms with Crippen molar-refractivity contribution in [2.24, 2.45) is 5.92 Å². The number of likely N-dealkylation sites (N-methyl/N-ethyl adjacent to an activating group) is 1. The van der Waals surface area contributed by atoms with Crippen LogP contribution in [-0.2, 0) is 10.0 Å². The number of sulfonamides is 1. The van der Waals surface area contributed by atoms with E-state index in [2.05, 4.69) is 10.6 Å². The Labute approximate surface area is 249 Å². The van der Waals surface area contributed by atoms with Crippen molar-refractivity contribution in [1.29, 1.82) is 0 Å². The van der Waals surface area contributed by atoms with Gasteiger partial charge in [-0.25, -0.2) is 17.6 Å². The Bertz CT molecular complexity index is 1540. The van der Waals surface area contributed by atoms with Crippen molar-refractivity contribution in [3.63, 3.8) is 0 Å². The van der Waals surface area contributed by atoms with Crippen LogP contribution in [-0.4, -0.2) is 73.6 Å². The van der Waals surface area contributed by atoms with Gasteiger partial charge >= 0.3 is 6.03 Å². The van der Waals surface area contributed by atoms with Crippen molar-refractivity contribution in [2.75, 3.05) is 37.4 Å². The Balaban J connectivity index is 1.68. The number of aliphatic hydroxyl groups excluding tert-OH is 1. The highest BCUT2D eigenvalue weighted by Crippen LogP contribution is 2.35. The molecule has 1 aliphatic heterocycles. The molecule has 0 saturated carbocycles. The third kappa shape index (κ3) is 7.01. The summed E-state index contributed by atoms with van der Waals surface area (Å²) < 4.78 is 47.5. The smallest absolute Gasteiger partial charge is 0.323 e. The van der Waals surface area contributed by atoms with Gasteiger partial charge in [0.05, 0.1) is 35.3 Å². The number of aliphatic hydroxyl groups is 1. The third-order valence-electron chi connectivity index (χ3n) is 7.00. The molecule has 10 nitrogen and oxygen atoms in total. The number of hydrogen-bond acceptors (Lipinski definition) is 6. The van der Waals surface area contributed by atoms with Crippen molar-refractivity contribution >= 4 is 44.9 Å². The van der Waals surface area contributed by atoms with Gasteiger partial charge in [0.1, 0.15) is 11.9 Å². The normalized spacial score (nSPS) is 18.0. The van der Waals surface area contributed by atoms with E-state index in [-0.39, 0.29) is 47.5 Å². The second-order valence-electron chi connectivity index (χ2n) is 10.1. The zero-order valence-corrected chi connectivity index (χ0v) is 24.8. The van der Waals surface area contributed by atoms with Crippen molar-refractivity contribution in [3.8, 4) is 5.75 Å². The van der Waals surface area contributed by atoms with E-state index in [0.29, 0.717) is 10.7 Å². The Hall–Kier alpha value is -3.71. The summed E-state index contributed by atoms with van der Waals surface area (Å²) in [6.45, 7) is 3.33. The van der Waals surface area contributed by atoms with Crippen molar-refractivity contribution < 1.29 is 32.2 Å². The monoisotopic (exact) mass is 618 g/mol. The Morgan fingerprint density at radius 1 is 1.14 bits per heavy atom. The number of ether oxygens (including phenoxy) is 1. The average molecular weight is 619 g/mol. The summed E-state index contributed by atoms with van der Waals surface area (Å²) in [4.78, 5) is 28.1. The molecule has 3 aromatic rings. The molecule has 13 heteroatoms. The predicted molar refractivity (Wildman–Crippen MR) is 158 cm³/mol. The highest BCUT2D eigenvalue weighted by atomic mass is 35.5. The molecule has 0 aromatic heterocycles. The van der Waals surface area contributed by atoms with Crippen LogP contribution in [0.1, 0.15) is 24.2 Å². The molecule has 0 saturated heterocycles. The molecule has 1 heterocycles. The van der Waals surface area contributed by atoms with Crippen LogP contribution < -0.4 is 15.4 Å². The van der Waals surface area contributed by atoms with Crippen LogP contribution in [0.3, 0.4) is 0 Å². The van der Waals surface area contributed by atoms with Crippen molar-refractivity contribution in [2.45, 2.75) is 30.9 Å². The third-order valence-corrected chi connectivity index (χ3v) is 9.09. The molecule has 3 aromatic carbocycles. The minimum atomic E-state index is -3.92. The van der Waals surface area contributed by atoms with Gasteiger partial charge in [-0.2, -0.15) is 4.31 Å². The number of carbonyl (C=O) groups is 2. The van der Waals surface area contributed by atoms with E-state index in [4.69, 9.17) is 16.3 Å². The predicted octanol–water partition coefficient (Wildman–Crippen LogP) is 4.66. The molecule has 0 unspecified atom stereocenters. The summed E-state index contributed by atoms with van der Waals surface area (Å²) in [6, 6.07) is 14.5. The van der Waals surface area contributed by atoms with Crippen LogP contribution in [0.4, 0.5) is 20.6 Å². The number of halogens is 2. The summed E-state index contributed by atoms with van der Waals surface area (Å²) in [7, 11) is -2.49. The van der Waals surface area contributed by atoms with E-state index < -0.39 is 39.9 Å². The van der Waals surface area contributed by atoms with Crippen molar-refractivity contribution in [1.82, 2.24) is 9.21 Å². The molecule has 0 radical (unpaired) electrons. The summed E-state index contributed by atoms with van der Waals surface area (Å²) in [6.07, 6.45) is -0.763. The van der Waals surface area contributed by atoms with Crippen molar-refractivity contribution in [3.05, 3.63) is 83.1 Å². The van der Waals surface area contributed by atoms with Gasteiger partial charge in [0.25, 0.3) is 5.91 Å². The Morgan fingerprint density at radius 3 is 2.45 bits per heavy atom.